The quantitative estimate of drug-likeness (QED) is 0.213. The number of nitrogens with one attached hydrogen (secondary N) is 2. The Labute approximate surface area is 202 Å². The first-order chi connectivity index (χ1) is 17.2. The fourth-order valence-electron chi connectivity index (χ4n) is 3.15. The van der Waals surface area contributed by atoms with E-state index in [0.29, 0.717) is 28.6 Å². The van der Waals surface area contributed by atoms with E-state index in [1.165, 1.54) is 36.7 Å². The number of carbonyl (C=O) groups excluding carboxylic acids is 1. The summed E-state index contributed by atoms with van der Waals surface area (Å²) >= 11 is 0. The molecule has 0 unspecified atom stereocenters. The molecule has 0 bridgehead atoms. The summed E-state index contributed by atoms with van der Waals surface area (Å²) in [6.07, 6.45) is -0.700. The number of anilines is 1. The Hall–Kier alpha value is -4.48. The highest BCUT2D eigenvalue weighted by molar-refractivity contribution is 6.02. The van der Waals surface area contributed by atoms with Gasteiger partial charge in [-0.3, -0.25) is 9.78 Å². The lowest BCUT2D eigenvalue weighted by molar-refractivity contribution is -0.137. The van der Waals surface area contributed by atoms with Gasteiger partial charge in [-0.1, -0.05) is 18.2 Å². The molecule has 2 aromatic carbocycles. The summed E-state index contributed by atoms with van der Waals surface area (Å²) in [6.45, 7) is 0. The Kier molecular flexibility index (Phi) is 7.13. The number of amides is 1. The van der Waals surface area contributed by atoms with Crippen LogP contribution in [0.15, 0.2) is 79.1 Å². The van der Waals surface area contributed by atoms with Gasteiger partial charge in [-0.2, -0.15) is 13.2 Å². The molecule has 0 aliphatic rings. The first-order valence-corrected chi connectivity index (χ1v) is 10.5. The fourth-order valence-corrected chi connectivity index (χ4v) is 3.15. The molecule has 184 valence electrons. The van der Waals surface area contributed by atoms with Gasteiger partial charge in [-0.15, -0.1) is 0 Å². The van der Waals surface area contributed by atoms with Gasteiger partial charge in [0.2, 0.25) is 5.91 Å². The zero-order valence-electron chi connectivity index (χ0n) is 18.4. The summed E-state index contributed by atoms with van der Waals surface area (Å²) in [5.41, 5.74) is 0.333. The van der Waals surface area contributed by atoms with Gasteiger partial charge in [0.25, 0.3) is 0 Å². The second kappa shape index (κ2) is 10.4. The summed E-state index contributed by atoms with van der Waals surface area (Å²) in [6, 6.07) is 14.4. The average Bonchev–Trinajstić information content (AvgIpc) is 3.34. The van der Waals surface area contributed by atoms with Crippen LogP contribution in [-0.2, 0) is 11.0 Å². The number of aromatic amines is 1. The SMILES string of the molecule is O=C(C=Cc1cccc(Oc2ccnc(-c3ncc(C(O)O)[nH]3)c2)c1)Nc1cccc(C(F)(F)F)c1. The molecule has 0 spiro atoms. The summed E-state index contributed by atoms with van der Waals surface area (Å²) in [5.74, 6) is 0.627. The molecule has 4 N–H and O–H groups in total. The lowest BCUT2D eigenvalue weighted by atomic mass is 10.2. The number of nitrogens with zero attached hydrogens (tertiary/aromatic N) is 2. The van der Waals surface area contributed by atoms with E-state index in [0.717, 1.165) is 12.1 Å². The number of benzene rings is 2. The third kappa shape index (κ3) is 6.34. The Bertz CT molecular complexity index is 1400. The maximum absolute atomic E-state index is 12.8. The van der Waals surface area contributed by atoms with Crippen LogP contribution in [0.1, 0.15) is 23.1 Å². The zero-order valence-corrected chi connectivity index (χ0v) is 18.4. The van der Waals surface area contributed by atoms with E-state index in [1.54, 1.807) is 36.4 Å². The van der Waals surface area contributed by atoms with Crippen LogP contribution in [0.25, 0.3) is 17.6 Å². The number of pyridine rings is 1. The predicted octanol–water partition coefficient (Wildman–Crippen LogP) is 4.92. The molecule has 0 saturated carbocycles. The highest BCUT2D eigenvalue weighted by atomic mass is 19.4. The van der Waals surface area contributed by atoms with Crippen LogP contribution in [0.3, 0.4) is 0 Å². The molecular formula is C25H19F3N4O4. The largest absolute Gasteiger partial charge is 0.457 e. The number of H-pyrrole nitrogens is 1. The zero-order chi connectivity index (χ0) is 25.7. The number of aliphatic hydroxyl groups is 2. The number of carbonyl (C=O) groups is 1. The Balaban J connectivity index is 1.42. The molecule has 4 aromatic rings. The van der Waals surface area contributed by atoms with Crippen LogP contribution in [0.2, 0.25) is 0 Å². The molecule has 2 heterocycles. The number of imidazole rings is 1. The molecule has 0 saturated heterocycles. The number of hydrogen-bond donors (Lipinski definition) is 4. The number of hydrogen-bond acceptors (Lipinski definition) is 6. The van der Waals surface area contributed by atoms with Crippen molar-refractivity contribution in [1.82, 2.24) is 15.0 Å². The van der Waals surface area contributed by atoms with Crippen molar-refractivity contribution in [3.63, 3.8) is 0 Å². The highest BCUT2D eigenvalue weighted by Crippen LogP contribution is 2.31. The summed E-state index contributed by atoms with van der Waals surface area (Å²) in [7, 11) is 0. The molecule has 11 heteroatoms. The second-order valence-electron chi connectivity index (χ2n) is 7.51. The number of alkyl halides is 3. The maximum atomic E-state index is 12.8. The molecule has 0 aliphatic carbocycles. The van der Waals surface area contributed by atoms with E-state index < -0.39 is 23.9 Å². The van der Waals surface area contributed by atoms with Crippen molar-refractivity contribution in [2.45, 2.75) is 12.5 Å². The summed E-state index contributed by atoms with van der Waals surface area (Å²) < 4.78 is 44.4. The molecule has 2 aromatic heterocycles. The topological polar surface area (TPSA) is 120 Å². The summed E-state index contributed by atoms with van der Waals surface area (Å²) in [4.78, 5) is 23.2. The van der Waals surface area contributed by atoms with Crippen molar-refractivity contribution in [2.24, 2.45) is 0 Å². The van der Waals surface area contributed by atoms with Crippen LogP contribution in [0.4, 0.5) is 18.9 Å². The van der Waals surface area contributed by atoms with Gasteiger partial charge < -0.3 is 25.3 Å². The van der Waals surface area contributed by atoms with E-state index in [1.807, 2.05) is 0 Å². The second-order valence-corrected chi connectivity index (χ2v) is 7.51. The van der Waals surface area contributed by atoms with Gasteiger partial charge in [-0.25, -0.2) is 4.98 Å². The third-order valence-corrected chi connectivity index (χ3v) is 4.83. The van der Waals surface area contributed by atoms with E-state index in [9.17, 15) is 28.2 Å². The lowest BCUT2D eigenvalue weighted by Crippen LogP contribution is -2.10. The van der Waals surface area contributed by atoms with Crippen LogP contribution in [0.5, 0.6) is 11.5 Å². The monoisotopic (exact) mass is 496 g/mol. The molecule has 4 rings (SSSR count). The minimum absolute atomic E-state index is 0.0298. The van der Waals surface area contributed by atoms with Gasteiger partial charge >= 0.3 is 6.18 Å². The number of aliphatic hydroxyl groups excluding tert-OH is 1. The van der Waals surface area contributed by atoms with E-state index in [-0.39, 0.29) is 11.4 Å². The van der Waals surface area contributed by atoms with Gasteiger partial charge in [-0.05, 0) is 48.0 Å². The first-order valence-electron chi connectivity index (χ1n) is 10.5. The first kappa shape index (κ1) is 24.6. The van der Waals surface area contributed by atoms with Crippen molar-refractivity contribution in [2.75, 3.05) is 5.32 Å². The highest BCUT2D eigenvalue weighted by Gasteiger charge is 2.30. The molecule has 0 aliphatic heterocycles. The standard InChI is InChI=1S/C25H19F3N4O4/c26-25(27,28)16-4-2-5-17(12-16)31-22(33)8-7-15-3-1-6-18(11-15)36-19-9-10-29-20(13-19)23-30-14-21(32-23)24(34)35/h1-14,24,34-35H,(H,30,32)(H,31,33). The predicted molar refractivity (Wildman–Crippen MR) is 125 cm³/mol. The number of ether oxygens (including phenoxy) is 1. The smallest absolute Gasteiger partial charge is 0.416 e. The molecule has 0 fully saturated rings. The van der Waals surface area contributed by atoms with Crippen LogP contribution >= 0.6 is 0 Å². The van der Waals surface area contributed by atoms with Crippen molar-refractivity contribution in [3.8, 4) is 23.0 Å². The minimum Gasteiger partial charge on any atom is -0.457 e. The van der Waals surface area contributed by atoms with Crippen LogP contribution in [-0.4, -0.2) is 31.1 Å². The normalized spacial score (nSPS) is 11.7. The van der Waals surface area contributed by atoms with Crippen molar-refractivity contribution < 1.29 is 32.9 Å². The number of aromatic nitrogens is 3. The van der Waals surface area contributed by atoms with E-state index in [2.05, 4.69) is 20.3 Å². The van der Waals surface area contributed by atoms with Gasteiger partial charge in [0.15, 0.2) is 12.1 Å². The Morgan fingerprint density at radius 2 is 1.81 bits per heavy atom. The minimum atomic E-state index is -4.50. The summed E-state index contributed by atoms with van der Waals surface area (Å²) in [5, 5.41) is 20.8. The molecule has 1 amide bonds. The van der Waals surface area contributed by atoms with Crippen molar-refractivity contribution in [3.05, 3.63) is 96.0 Å². The molecular weight excluding hydrogens is 477 g/mol. The molecule has 36 heavy (non-hydrogen) atoms. The third-order valence-electron chi connectivity index (χ3n) is 4.83. The maximum Gasteiger partial charge on any atom is 0.416 e. The number of halogens is 3. The fraction of sp³-hybridized carbons (Fsp3) is 0.0800. The lowest BCUT2D eigenvalue weighted by Gasteiger charge is -2.09. The Morgan fingerprint density at radius 3 is 2.56 bits per heavy atom. The van der Waals surface area contributed by atoms with Gasteiger partial charge in [0, 0.05) is 24.0 Å². The van der Waals surface area contributed by atoms with Gasteiger partial charge in [0.1, 0.15) is 17.2 Å². The van der Waals surface area contributed by atoms with E-state index in [4.69, 9.17) is 4.74 Å². The average molecular weight is 496 g/mol. The van der Waals surface area contributed by atoms with Crippen molar-refractivity contribution >= 4 is 17.7 Å². The van der Waals surface area contributed by atoms with Crippen LogP contribution < -0.4 is 10.1 Å². The van der Waals surface area contributed by atoms with Crippen LogP contribution in [0, 0.1) is 0 Å². The van der Waals surface area contributed by atoms with E-state index >= 15 is 0 Å². The van der Waals surface area contributed by atoms with Crippen molar-refractivity contribution in [1.29, 1.82) is 0 Å². The molecule has 8 nitrogen and oxygen atoms in total. The Morgan fingerprint density at radius 1 is 1.03 bits per heavy atom. The number of rotatable bonds is 7. The van der Waals surface area contributed by atoms with Gasteiger partial charge in [0.05, 0.1) is 17.5 Å². The molecule has 0 atom stereocenters. The molecule has 0 radical (unpaired) electrons.